The first-order valence-electron chi connectivity index (χ1n) is 19.2. The summed E-state index contributed by atoms with van der Waals surface area (Å²) in [5, 5.41) is 2.22. The minimum atomic E-state index is 0.633. The van der Waals surface area contributed by atoms with Gasteiger partial charge in [0.1, 0.15) is 0 Å². The zero-order chi connectivity index (χ0) is 38.7. The molecular formula is C52H34N6. The molecule has 6 aromatic carbocycles. The highest BCUT2D eigenvalue weighted by Gasteiger charge is 2.14. The highest BCUT2D eigenvalue weighted by atomic mass is 15.0. The molecule has 10 aromatic rings. The summed E-state index contributed by atoms with van der Waals surface area (Å²) < 4.78 is 0. The van der Waals surface area contributed by atoms with Gasteiger partial charge in [-0.15, -0.1) is 0 Å². The van der Waals surface area contributed by atoms with Crippen LogP contribution in [0.2, 0.25) is 0 Å². The van der Waals surface area contributed by atoms with Crippen molar-refractivity contribution in [2.24, 2.45) is 0 Å². The molecule has 10 rings (SSSR count). The van der Waals surface area contributed by atoms with Gasteiger partial charge in [-0.1, -0.05) is 170 Å². The van der Waals surface area contributed by atoms with E-state index in [1.807, 2.05) is 97.3 Å². The van der Waals surface area contributed by atoms with Gasteiger partial charge < -0.3 is 0 Å². The monoisotopic (exact) mass is 742 g/mol. The molecule has 0 aliphatic carbocycles. The summed E-state index contributed by atoms with van der Waals surface area (Å²) in [5.74, 6) is 1.92. The molecule has 4 heterocycles. The van der Waals surface area contributed by atoms with Crippen molar-refractivity contribution in [3.63, 3.8) is 0 Å². The smallest absolute Gasteiger partial charge is 0.164 e. The lowest BCUT2D eigenvalue weighted by molar-refractivity contribution is 1.07. The van der Waals surface area contributed by atoms with Crippen LogP contribution >= 0.6 is 0 Å². The maximum atomic E-state index is 5.08. The van der Waals surface area contributed by atoms with Gasteiger partial charge in [-0.25, -0.2) is 19.9 Å². The lowest BCUT2D eigenvalue weighted by Crippen LogP contribution is -2.00. The molecule has 0 aliphatic heterocycles. The van der Waals surface area contributed by atoms with Crippen LogP contribution in [0, 0.1) is 0 Å². The molecule has 0 spiro atoms. The molecule has 272 valence electrons. The second-order valence-electron chi connectivity index (χ2n) is 14.0. The molecule has 0 atom stereocenters. The summed E-state index contributed by atoms with van der Waals surface area (Å²) in [4.78, 5) is 29.4. The number of hydrogen-bond acceptors (Lipinski definition) is 6. The number of benzene rings is 6. The van der Waals surface area contributed by atoms with Gasteiger partial charge in [0.05, 0.1) is 22.8 Å². The summed E-state index contributed by atoms with van der Waals surface area (Å²) in [6, 6.07) is 66.1. The van der Waals surface area contributed by atoms with E-state index in [9.17, 15) is 0 Å². The minimum Gasteiger partial charge on any atom is -0.254 e. The largest absolute Gasteiger partial charge is 0.254 e. The average Bonchev–Trinajstić information content (AvgIpc) is 3.32. The van der Waals surface area contributed by atoms with Gasteiger partial charge in [0.2, 0.25) is 0 Å². The first kappa shape index (κ1) is 34.5. The van der Waals surface area contributed by atoms with E-state index in [2.05, 4.69) is 109 Å². The summed E-state index contributed by atoms with van der Waals surface area (Å²) >= 11 is 0. The normalized spacial score (nSPS) is 11.1. The van der Waals surface area contributed by atoms with Crippen molar-refractivity contribution in [2.75, 3.05) is 0 Å². The molecule has 0 saturated heterocycles. The Labute approximate surface area is 336 Å². The zero-order valence-electron chi connectivity index (χ0n) is 31.3. The Morgan fingerprint density at radius 3 is 1.16 bits per heavy atom. The van der Waals surface area contributed by atoms with Crippen LogP contribution < -0.4 is 0 Å². The molecule has 0 bridgehead atoms. The third-order valence-electron chi connectivity index (χ3n) is 10.2. The second-order valence-corrected chi connectivity index (χ2v) is 14.0. The van der Waals surface area contributed by atoms with Crippen molar-refractivity contribution in [1.29, 1.82) is 0 Å². The molecule has 0 N–H and O–H groups in total. The summed E-state index contributed by atoms with van der Waals surface area (Å²) in [7, 11) is 0. The number of hydrogen-bond donors (Lipinski definition) is 0. The molecule has 0 fully saturated rings. The summed E-state index contributed by atoms with van der Waals surface area (Å²) in [5.41, 5.74) is 12.5. The first-order chi connectivity index (χ1) is 28.7. The predicted octanol–water partition coefficient (Wildman–Crippen LogP) is 12.5. The van der Waals surface area contributed by atoms with Crippen LogP contribution in [0.5, 0.6) is 0 Å². The zero-order valence-corrected chi connectivity index (χ0v) is 31.3. The molecule has 0 saturated carbocycles. The Balaban J connectivity index is 0.913. The Morgan fingerprint density at radius 1 is 0.224 bits per heavy atom. The lowest BCUT2D eigenvalue weighted by atomic mass is 9.99. The second kappa shape index (κ2) is 15.3. The fourth-order valence-corrected chi connectivity index (χ4v) is 7.13. The quantitative estimate of drug-likeness (QED) is 0.154. The van der Waals surface area contributed by atoms with Crippen LogP contribution in [0.3, 0.4) is 0 Å². The lowest BCUT2D eigenvalue weighted by Gasteiger charge is -2.11. The molecule has 0 radical (unpaired) electrons. The van der Waals surface area contributed by atoms with Crippen LogP contribution in [0.1, 0.15) is 0 Å². The van der Waals surface area contributed by atoms with E-state index in [0.29, 0.717) is 17.5 Å². The van der Waals surface area contributed by atoms with Gasteiger partial charge in [0, 0.05) is 40.0 Å². The number of nitrogens with zero attached hydrogens (tertiary/aromatic N) is 6. The standard InChI is InChI=1S/C52H34N6/c1-4-12-35(13-5-1)45-31-48(55-49(32-45)47-30-42-18-10-11-19-43(42)33-54-47)46-29-28-44(34-53-46)38-22-20-36(21-23-38)37-24-26-41(27-25-37)52-57-50(39-14-6-2-7-15-39)56-51(58-52)40-16-8-3-9-17-40/h1-34H. The van der Waals surface area contributed by atoms with Gasteiger partial charge in [-0.3, -0.25) is 9.97 Å². The maximum Gasteiger partial charge on any atom is 0.164 e. The molecule has 6 nitrogen and oxygen atoms in total. The Morgan fingerprint density at radius 2 is 0.621 bits per heavy atom. The van der Waals surface area contributed by atoms with Gasteiger partial charge >= 0.3 is 0 Å². The Kier molecular flexibility index (Phi) is 9.10. The topological polar surface area (TPSA) is 77.3 Å². The van der Waals surface area contributed by atoms with Crippen molar-refractivity contribution in [1.82, 2.24) is 29.9 Å². The highest BCUT2D eigenvalue weighted by molar-refractivity contribution is 5.86. The highest BCUT2D eigenvalue weighted by Crippen LogP contribution is 2.32. The molecule has 0 aliphatic rings. The van der Waals surface area contributed by atoms with Gasteiger partial charge in [0.25, 0.3) is 0 Å². The van der Waals surface area contributed by atoms with E-state index in [0.717, 1.165) is 83.6 Å². The SMILES string of the molecule is c1ccc(-c2cc(-c3ccc(-c4ccc(-c5ccc(-c6nc(-c7ccccc7)nc(-c7ccccc7)n6)cc5)cc4)cn3)nc(-c3cc4ccccc4cn3)c2)cc1. The van der Waals surface area contributed by atoms with E-state index in [-0.39, 0.29) is 0 Å². The minimum absolute atomic E-state index is 0.633. The van der Waals surface area contributed by atoms with Gasteiger partial charge in [0.15, 0.2) is 17.5 Å². The number of aromatic nitrogens is 6. The molecule has 6 heteroatoms. The van der Waals surface area contributed by atoms with Gasteiger partial charge in [-0.2, -0.15) is 0 Å². The summed E-state index contributed by atoms with van der Waals surface area (Å²) in [6.45, 7) is 0. The number of pyridine rings is 3. The van der Waals surface area contributed by atoms with E-state index < -0.39 is 0 Å². The number of rotatable bonds is 8. The van der Waals surface area contributed by atoms with E-state index in [4.69, 9.17) is 29.9 Å². The maximum absolute atomic E-state index is 5.08. The Bertz CT molecular complexity index is 2950. The van der Waals surface area contributed by atoms with Crippen molar-refractivity contribution in [3.8, 4) is 90.3 Å². The third kappa shape index (κ3) is 7.14. The molecule has 0 amide bonds. The van der Waals surface area contributed by atoms with Crippen LogP contribution in [-0.2, 0) is 0 Å². The van der Waals surface area contributed by atoms with Crippen LogP contribution in [-0.4, -0.2) is 29.9 Å². The third-order valence-corrected chi connectivity index (χ3v) is 10.2. The van der Waals surface area contributed by atoms with Crippen molar-refractivity contribution in [2.45, 2.75) is 0 Å². The predicted molar refractivity (Wildman–Crippen MR) is 234 cm³/mol. The Hall–Kier alpha value is -7.96. The fourth-order valence-electron chi connectivity index (χ4n) is 7.13. The van der Waals surface area contributed by atoms with E-state index >= 15 is 0 Å². The number of fused-ring (bicyclic) bond motifs is 1. The molecule has 0 unspecified atom stereocenters. The van der Waals surface area contributed by atoms with Crippen molar-refractivity contribution >= 4 is 10.8 Å². The molecular weight excluding hydrogens is 709 g/mol. The average molecular weight is 743 g/mol. The van der Waals surface area contributed by atoms with Crippen LogP contribution in [0.4, 0.5) is 0 Å². The first-order valence-corrected chi connectivity index (χ1v) is 19.2. The summed E-state index contributed by atoms with van der Waals surface area (Å²) in [6.07, 6.45) is 3.83. The van der Waals surface area contributed by atoms with Crippen LogP contribution in [0.15, 0.2) is 207 Å². The van der Waals surface area contributed by atoms with E-state index in [1.165, 1.54) is 0 Å². The van der Waals surface area contributed by atoms with Crippen molar-refractivity contribution < 1.29 is 0 Å². The fraction of sp³-hybridized carbons (Fsp3) is 0. The molecule has 4 aromatic heterocycles. The molecule has 58 heavy (non-hydrogen) atoms. The van der Waals surface area contributed by atoms with Gasteiger partial charge in [-0.05, 0) is 57.5 Å². The van der Waals surface area contributed by atoms with Crippen molar-refractivity contribution in [3.05, 3.63) is 207 Å². The van der Waals surface area contributed by atoms with Crippen LogP contribution in [0.25, 0.3) is 101 Å². The van der Waals surface area contributed by atoms with E-state index in [1.54, 1.807) is 0 Å².